The Morgan fingerprint density at radius 1 is 1.12 bits per heavy atom. The van der Waals surface area contributed by atoms with Gasteiger partial charge in [-0.2, -0.15) is 26.3 Å². The van der Waals surface area contributed by atoms with Crippen LogP contribution in [0.5, 0.6) is 0 Å². The van der Waals surface area contributed by atoms with Crippen molar-refractivity contribution in [1.82, 2.24) is 0 Å². The van der Waals surface area contributed by atoms with Gasteiger partial charge in [0.1, 0.15) is 0 Å². The fourth-order valence-corrected chi connectivity index (χ4v) is 1.06. The Kier molecular flexibility index (Phi) is 6.71. The molecule has 0 spiro atoms. The maximum atomic E-state index is 11.7. The number of alkyl halides is 6. The van der Waals surface area contributed by atoms with E-state index in [4.69, 9.17) is 0 Å². The SMILES string of the molecule is COP(=O)([O-])OC(C(F)(F)F)C(F)(F)F.[Li+]. The molecule has 92 valence electrons. The van der Waals surface area contributed by atoms with Crippen LogP contribution in [0.15, 0.2) is 0 Å². The average molecular weight is 268 g/mol. The molecule has 1 unspecified atom stereocenters. The van der Waals surface area contributed by atoms with Gasteiger partial charge in [-0.05, 0) is 0 Å². The second kappa shape index (κ2) is 5.75. The molecule has 0 rings (SSSR count). The molecule has 0 aromatic carbocycles. The van der Waals surface area contributed by atoms with Gasteiger partial charge in [0, 0.05) is 7.11 Å². The van der Waals surface area contributed by atoms with Crippen LogP contribution < -0.4 is 23.8 Å². The third kappa shape index (κ3) is 6.13. The summed E-state index contributed by atoms with van der Waals surface area (Å²) in [6, 6.07) is 0. The first kappa shape index (κ1) is 18.6. The van der Waals surface area contributed by atoms with Crippen molar-refractivity contribution in [2.75, 3.05) is 7.11 Å². The monoisotopic (exact) mass is 268 g/mol. The average Bonchev–Trinajstić information content (AvgIpc) is 1.96. The number of hydrogen-bond acceptors (Lipinski definition) is 4. The van der Waals surface area contributed by atoms with Gasteiger partial charge in [0.25, 0.3) is 13.9 Å². The zero-order valence-corrected chi connectivity index (χ0v) is 8.82. The third-order valence-electron chi connectivity index (χ3n) is 1.05. The largest absolute Gasteiger partial charge is 1.00 e. The molecule has 1 atom stereocenters. The first-order chi connectivity index (χ1) is 6.40. The Balaban J connectivity index is 0. The van der Waals surface area contributed by atoms with Gasteiger partial charge in [0.15, 0.2) is 0 Å². The first-order valence-corrected chi connectivity index (χ1v) is 4.55. The van der Waals surface area contributed by atoms with Crippen LogP contribution in [-0.2, 0) is 13.6 Å². The quantitative estimate of drug-likeness (QED) is 0.359. The summed E-state index contributed by atoms with van der Waals surface area (Å²) in [7, 11) is -5.24. The molecule has 0 N–H and O–H groups in total. The van der Waals surface area contributed by atoms with E-state index in [0.717, 1.165) is 0 Å². The molecule has 0 fully saturated rings. The van der Waals surface area contributed by atoms with Gasteiger partial charge in [-0.1, -0.05) is 0 Å². The van der Waals surface area contributed by atoms with E-state index in [1.807, 2.05) is 0 Å². The van der Waals surface area contributed by atoms with Crippen molar-refractivity contribution in [2.45, 2.75) is 18.5 Å². The zero-order valence-electron chi connectivity index (χ0n) is 7.93. The van der Waals surface area contributed by atoms with Gasteiger partial charge in [0.2, 0.25) is 0 Å². The van der Waals surface area contributed by atoms with Crippen molar-refractivity contribution in [3.8, 4) is 0 Å². The van der Waals surface area contributed by atoms with Crippen LogP contribution in [0.3, 0.4) is 0 Å². The molecule has 0 radical (unpaired) electrons. The Labute approximate surface area is 97.7 Å². The second-order valence-electron chi connectivity index (χ2n) is 2.20. The molecule has 4 nitrogen and oxygen atoms in total. The number of phosphoric acid groups is 1. The fourth-order valence-electron chi connectivity index (χ4n) is 0.477. The summed E-state index contributed by atoms with van der Waals surface area (Å²) in [5.41, 5.74) is 0. The van der Waals surface area contributed by atoms with Crippen LogP contribution >= 0.6 is 7.82 Å². The molecule has 0 heterocycles. The van der Waals surface area contributed by atoms with E-state index in [2.05, 4.69) is 9.05 Å². The standard InChI is InChI=1S/C4H5F6O4P.Li/c1-13-15(11,12)14-2(3(5,6)7)4(8,9)10;/h2H,1H3,(H,11,12);/q;+1/p-1. The van der Waals surface area contributed by atoms with E-state index in [1.165, 1.54) is 0 Å². The van der Waals surface area contributed by atoms with Crippen molar-refractivity contribution in [3.63, 3.8) is 0 Å². The summed E-state index contributed by atoms with van der Waals surface area (Å²) in [5.74, 6) is 0. The predicted octanol–water partition coefficient (Wildman–Crippen LogP) is -1.39. The van der Waals surface area contributed by atoms with Gasteiger partial charge in [-0.3, -0.25) is 9.09 Å². The topological polar surface area (TPSA) is 58.6 Å². The molecule has 0 bridgehead atoms. The predicted molar refractivity (Wildman–Crippen MR) is 31.6 cm³/mol. The molecular weight excluding hydrogens is 264 g/mol. The minimum Gasteiger partial charge on any atom is -0.756 e. The van der Waals surface area contributed by atoms with Crippen LogP contribution in [0.4, 0.5) is 26.3 Å². The summed E-state index contributed by atoms with van der Waals surface area (Å²) in [6.45, 7) is 0. The Morgan fingerprint density at radius 3 is 1.62 bits per heavy atom. The van der Waals surface area contributed by atoms with Crippen molar-refractivity contribution < 1.29 is 63.7 Å². The summed E-state index contributed by atoms with van der Waals surface area (Å²) < 4.78 is 86.8. The van der Waals surface area contributed by atoms with E-state index >= 15 is 0 Å². The molecule has 0 aromatic rings. The molecule has 12 heteroatoms. The van der Waals surface area contributed by atoms with Gasteiger partial charge in [-0.25, -0.2) is 0 Å². The molecule has 0 aliphatic rings. The van der Waals surface area contributed by atoms with Gasteiger partial charge >= 0.3 is 31.2 Å². The van der Waals surface area contributed by atoms with E-state index in [-0.39, 0.29) is 18.9 Å². The second-order valence-corrected chi connectivity index (χ2v) is 3.67. The maximum Gasteiger partial charge on any atom is 1.00 e. The number of hydrogen-bond donors (Lipinski definition) is 0. The van der Waals surface area contributed by atoms with E-state index in [1.54, 1.807) is 0 Å². The van der Waals surface area contributed by atoms with Gasteiger partial charge in [-0.15, -0.1) is 0 Å². The molecule has 0 aliphatic carbocycles. The molecule has 16 heavy (non-hydrogen) atoms. The van der Waals surface area contributed by atoms with Crippen molar-refractivity contribution in [2.24, 2.45) is 0 Å². The van der Waals surface area contributed by atoms with E-state index in [0.29, 0.717) is 7.11 Å². The van der Waals surface area contributed by atoms with Crippen LogP contribution in [0, 0.1) is 0 Å². The number of phosphoric ester groups is 1. The molecule has 0 amide bonds. The number of halogens is 6. The van der Waals surface area contributed by atoms with Crippen molar-refractivity contribution in [3.05, 3.63) is 0 Å². The van der Waals surface area contributed by atoms with Crippen LogP contribution in [0.2, 0.25) is 0 Å². The van der Waals surface area contributed by atoms with Gasteiger partial charge in [0.05, 0.1) is 0 Å². The maximum absolute atomic E-state index is 11.7. The summed E-state index contributed by atoms with van der Waals surface area (Å²) in [5, 5.41) is 0. The molecule has 0 aliphatic heterocycles. The van der Waals surface area contributed by atoms with Gasteiger partial charge < -0.3 is 9.42 Å². The van der Waals surface area contributed by atoms with E-state index in [9.17, 15) is 35.8 Å². The third-order valence-corrected chi connectivity index (χ3v) is 1.97. The fraction of sp³-hybridized carbons (Fsp3) is 1.00. The van der Waals surface area contributed by atoms with Crippen molar-refractivity contribution in [1.29, 1.82) is 0 Å². The van der Waals surface area contributed by atoms with Crippen molar-refractivity contribution >= 4 is 7.82 Å². The Bertz CT molecular complexity index is 250. The smallest absolute Gasteiger partial charge is 0.756 e. The normalized spacial score (nSPS) is 16.8. The van der Waals surface area contributed by atoms with Crippen LogP contribution in [0.25, 0.3) is 0 Å². The van der Waals surface area contributed by atoms with Crippen LogP contribution in [-0.4, -0.2) is 25.6 Å². The first-order valence-electron chi connectivity index (χ1n) is 3.09. The van der Waals surface area contributed by atoms with E-state index < -0.39 is 26.3 Å². The summed E-state index contributed by atoms with van der Waals surface area (Å²) in [6.07, 6.45) is -16.2. The molecule has 0 saturated carbocycles. The summed E-state index contributed by atoms with van der Waals surface area (Å²) in [4.78, 5) is 10.3. The minimum absolute atomic E-state index is 0. The summed E-state index contributed by atoms with van der Waals surface area (Å²) >= 11 is 0. The zero-order chi connectivity index (χ0) is 12.5. The molecule has 0 saturated heterocycles. The Morgan fingerprint density at radius 2 is 1.44 bits per heavy atom. The molecule has 0 aromatic heterocycles. The van der Waals surface area contributed by atoms with Crippen LogP contribution in [0.1, 0.15) is 0 Å². The minimum atomic E-state index is -5.89. The Hall–Kier alpha value is 0.287. The molecular formula is C4H4F6LiO4P. The number of rotatable bonds is 3.